The van der Waals surface area contributed by atoms with E-state index in [0.29, 0.717) is 6.10 Å². The van der Waals surface area contributed by atoms with E-state index in [2.05, 4.69) is 24.2 Å². The van der Waals surface area contributed by atoms with Crippen LogP contribution >= 0.6 is 0 Å². The Hall–Kier alpha value is -0.120. The minimum atomic E-state index is 0.359. The molecule has 0 aromatic rings. The van der Waals surface area contributed by atoms with Gasteiger partial charge in [-0.2, -0.15) is 0 Å². The quantitative estimate of drug-likeness (QED) is 0.655. The molecule has 0 heterocycles. The van der Waals surface area contributed by atoms with Gasteiger partial charge in [0.05, 0.1) is 12.7 Å². The van der Waals surface area contributed by atoms with Gasteiger partial charge in [-0.05, 0) is 39.7 Å². The summed E-state index contributed by atoms with van der Waals surface area (Å²) in [7, 11) is 2.20. The fourth-order valence-corrected chi connectivity index (χ4v) is 1.77. The molecule has 2 fully saturated rings. The van der Waals surface area contributed by atoms with Crippen molar-refractivity contribution >= 4 is 0 Å². The molecule has 2 aliphatic rings. The molecule has 0 aliphatic heterocycles. The number of ether oxygens (including phenoxy) is 1. The summed E-state index contributed by atoms with van der Waals surface area (Å²) >= 11 is 0. The lowest BCUT2D eigenvalue weighted by Crippen LogP contribution is -2.31. The van der Waals surface area contributed by atoms with E-state index in [9.17, 15) is 0 Å². The highest BCUT2D eigenvalue weighted by Gasteiger charge is 2.25. The average Bonchev–Trinajstić information content (AvgIpc) is 3.04. The zero-order chi connectivity index (χ0) is 10.7. The smallest absolute Gasteiger partial charge is 0.0672 e. The molecule has 0 radical (unpaired) electrons. The van der Waals surface area contributed by atoms with Crippen LogP contribution in [-0.2, 0) is 4.74 Å². The molecule has 0 saturated heterocycles. The number of rotatable bonds is 8. The van der Waals surface area contributed by atoms with Gasteiger partial charge >= 0.3 is 0 Å². The van der Waals surface area contributed by atoms with Gasteiger partial charge in [0.15, 0.2) is 0 Å². The second-order valence-electron chi connectivity index (χ2n) is 5.08. The third-order valence-electron chi connectivity index (χ3n) is 3.29. The van der Waals surface area contributed by atoms with E-state index in [1.165, 1.54) is 25.7 Å². The first-order chi connectivity index (χ1) is 7.25. The summed E-state index contributed by atoms with van der Waals surface area (Å²) in [4.78, 5) is 2.42. The first-order valence-corrected chi connectivity index (χ1v) is 6.31. The Labute approximate surface area is 93.2 Å². The average molecular weight is 212 g/mol. The highest BCUT2D eigenvalue weighted by Crippen LogP contribution is 2.24. The van der Waals surface area contributed by atoms with Crippen molar-refractivity contribution in [3.05, 3.63) is 0 Å². The van der Waals surface area contributed by atoms with Crippen LogP contribution in [0.15, 0.2) is 0 Å². The van der Waals surface area contributed by atoms with Crippen LogP contribution in [0.2, 0.25) is 0 Å². The van der Waals surface area contributed by atoms with Gasteiger partial charge in [-0.1, -0.05) is 0 Å². The largest absolute Gasteiger partial charge is 0.376 e. The predicted octanol–water partition coefficient (Wildman–Crippen LogP) is 1.24. The van der Waals surface area contributed by atoms with E-state index < -0.39 is 0 Å². The van der Waals surface area contributed by atoms with E-state index in [1.54, 1.807) is 0 Å². The topological polar surface area (TPSA) is 24.5 Å². The third-order valence-corrected chi connectivity index (χ3v) is 3.29. The molecule has 2 aliphatic carbocycles. The van der Waals surface area contributed by atoms with Crippen LogP contribution in [0, 0.1) is 0 Å². The van der Waals surface area contributed by atoms with E-state index in [-0.39, 0.29) is 0 Å². The van der Waals surface area contributed by atoms with Crippen LogP contribution < -0.4 is 5.32 Å². The number of nitrogens with zero attached hydrogens (tertiary/aromatic N) is 1. The van der Waals surface area contributed by atoms with Crippen molar-refractivity contribution in [2.75, 3.05) is 26.7 Å². The lowest BCUT2D eigenvalue weighted by molar-refractivity contribution is 0.0513. The maximum Gasteiger partial charge on any atom is 0.0672 e. The fraction of sp³-hybridized carbons (Fsp3) is 1.00. The van der Waals surface area contributed by atoms with Crippen LogP contribution in [0.4, 0.5) is 0 Å². The van der Waals surface area contributed by atoms with Crippen LogP contribution in [0.5, 0.6) is 0 Å². The lowest BCUT2D eigenvalue weighted by atomic mass is 10.4. The zero-order valence-corrected chi connectivity index (χ0v) is 10.0. The highest BCUT2D eigenvalue weighted by atomic mass is 16.5. The first kappa shape index (κ1) is 11.4. The molecule has 1 atom stereocenters. The molecule has 3 heteroatoms. The monoisotopic (exact) mass is 212 g/mol. The summed E-state index contributed by atoms with van der Waals surface area (Å²) < 4.78 is 5.76. The molecule has 2 rings (SSSR count). The zero-order valence-electron chi connectivity index (χ0n) is 10.0. The number of hydrogen-bond donors (Lipinski definition) is 1. The van der Waals surface area contributed by atoms with Crippen LogP contribution in [0.25, 0.3) is 0 Å². The predicted molar refractivity (Wildman–Crippen MR) is 62.1 cm³/mol. The van der Waals surface area contributed by atoms with Crippen molar-refractivity contribution in [3.63, 3.8) is 0 Å². The second kappa shape index (κ2) is 5.28. The standard InChI is InChI=1S/C12H24N2O/c1-10(9-13-11-3-4-11)15-8-7-14(2)12-5-6-12/h10-13H,3-9H2,1-2H3. The van der Waals surface area contributed by atoms with Gasteiger partial charge in [0, 0.05) is 25.2 Å². The molecule has 1 N–H and O–H groups in total. The van der Waals surface area contributed by atoms with Gasteiger partial charge < -0.3 is 15.0 Å². The van der Waals surface area contributed by atoms with Crippen molar-refractivity contribution in [2.24, 2.45) is 0 Å². The van der Waals surface area contributed by atoms with E-state index in [4.69, 9.17) is 4.74 Å². The number of hydrogen-bond acceptors (Lipinski definition) is 3. The maximum absolute atomic E-state index is 5.76. The molecule has 0 aromatic carbocycles. The molecule has 0 bridgehead atoms. The molecule has 0 spiro atoms. The third kappa shape index (κ3) is 4.49. The summed E-state index contributed by atoms with van der Waals surface area (Å²) in [5, 5.41) is 3.49. The molecule has 88 valence electrons. The Balaban J connectivity index is 1.44. The van der Waals surface area contributed by atoms with Gasteiger partial charge in [-0.3, -0.25) is 0 Å². The fourth-order valence-electron chi connectivity index (χ4n) is 1.77. The summed E-state index contributed by atoms with van der Waals surface area (Å²) in [6.45, 7) is 5.13. The maximum atomic E-state index is 5.76. The van der Waals surface area contributed by atoms with E-state index >= 15 is 0 Å². The second-order valence-corrected chi connectivity index (χ2v) is 5.08. The van der Waals surface area contributed by atoms with Crippen molar-refractivity contribution in [2.45, 2.75) is 50.8 Å². The Morgan fingerprint density at radius 2 is 2.07 bits per heavy atom. The van der Waals surface area contributed by atoms with Gasteiger partial charge in [0.25, 0.3) is 0 Å². The lowest BCUT2D eigenvalue weighted by Gasteiger charge is -2.18. The Kier molecular flexibility index (Phi) is 4.00. The van der Waals surface area contributed by atoms with Crippen LogP contribution in [-0.4, -0.2) is 49.8 Å². The van der Waals surface area contributed by atoms with Crippen molar-refractivity contribution in [1.82, 2.24) is 10.2 Å². The minimum absolute atomic E-state index is 0.359. The van der Waals surface area contributed by atoms with Gasteiger partial charge in [0.2, 0.25) is 0 Å². The molecule has 2 saturated carbocycles. The molecule has 15 heavy (non-hydrogen) atoms. The highest BCUT2D eigenvalue weighted by molar-refractivity contribution is 4.82. The Bertz CT molecular complexity index is 190. The van der Waals surface area contributed by atoms with Gasteiger partial charge in [0.1, 0.15) is 0 Å². The number of nitrogens with one attached hydrogen (secondary N) is 1. The molecular formula is C12H24N2O. The molecule has 1 unspecified atom stereocenters. The van der Waals surface area contributed by atoms with Crippen molar-refractivity contribution < 1.29 is 4.74 Å². The van der Waals surface area contributed by atoms with Gasteiger partial charge in [-0.15, -0.1) is 0 Å². The van der Waals surface area contributed by atoms with Crippen molar-refractivity contribution in [3.8, 4) is 0 Å². The Morgan fingerprint density at radius 3 is 2.67 bits per heavy atom. The van der Waals surface area contributed by atoms with Gasteiger partial charge in [-0.25, -0.2) is 0 Å². The molecule has 0 amide bonds. The van der Waals surface area contributed by atoms with E-state index in [1.807, 2.05) is 0 Å². The summed E-state index contributed by atoms with van der Waals surface area (Å²) in [5.74, 6) is 0. The van der Waals surface area contributed by atoms with Crippen molar-refractivity contribution in [1.29, 1.82) is 0 Å². The number of likely N-dealkylation sites (N-methyl/N-ethyl adjacent to an activating group) is 1. The minimum Gasteiger partial charge on any atom is -0.376 e. The first-order valence-electron chi connectivity index (χ1n) is 6.31. The molecular weight excluding hydrogens is 188 g/mol. The Morgan fingerprint density at radius 1 is 1.33 bits per heavy atom. The summed E-state index contributed by atoms with van der Waals surface area (Å²) in [6.07, 6.45) is 5.84. The summed E-state index contributed by atoms with van der Waals surface area (Å²) in [6, 6.07) is 1.65. The molecule has 0 aromatic heterocycles. The summed E-state index contributed by atoms with van der Waals surface area (Å²) in [5.41, 5.74) is 0. The van der Waals surface area contributed by atoms with Crippen LogP contribution in [0.3, 0.4) is 0 Å². The van der Waals surface area contributed by atoms with Crippen LogP contribution in [0.1, 0.15) is 32.6 Å². The molecule has 3 nitrogen and oxygen atoms in total. The SMILES string of the molecule is CC(CNC1CC1)OCCN(C)C1CC1. The normalized spacial score (nSPS) is 23.4. The van der Waals surface area contributed by atoms with E-state index in [0.717, 1.165) is 31.8 Å².